The van der Waals surface area contributed by atoms with Gasteiger partial charge in [-0.2, -0.15) is 0 Å². The highest BCUT2D eigenvalue weighted by atomic mass is 16.5. The maximum atomic E-state index is 12.6. The Morgan fingerprint density at radius 1 is 1.43 bits per heavy atom. The molecule has 1 aliphatic heterocycles. The molecule has 1 atom stereocenters. The van der Waals surface area contributed by atoms with Crippen LogP contribution in [0.3, 0.4) is 0 Å². The Kier molecular flexibility index (Phi) is 4.37. The molecule has 0 saturated carbocycles. The van der Waals surface area contributed by atoms with E-state index in [-0.39, 0.29) is 11.8 Å². The molecule has 1 aliphatic carbocycles. The van der Waals surface area contributed by atoms with Crippen molar-refractivity contribution in [3.63, 3.8) is 0 Å². The maximum Gasteiger partial charge on any atom is 0.336 e. The molecule has 0 radical (unpaired) electrons. The van der Waals surface area contributed by atoms with E-state index in [1.54, 1.807) is 12.3 Å². The Labute approximate surface area is 135 Å². The molecule has 1 N–H and O–H groups in total. The molecular weight excluding hydrogens is 294 g/mol. The molecule has 0 spiro atoms. The number of hydrogen-bond donors (Lipinski definition) is 1. The fourth-order valence-corrected chi connectivity index (χ4v) is 3.27. The number of rotatable bonds is 4. The number of ether oxygens (including phenoxy) is 1. The number of nitrogens with one attached hydrogen (secondary N) is 1. The zero-order valence-corrected chi connectivity index (χ0v) is 13.5. The maximum absolute atomic E-state index is 12.6. The molecule has 1 aromatic rings. The second-order valence-corrected chi connectivity index (χ2v) is 5.92. The van der Waals surface area contributed by atoms with Crippen molar-refractivity contribution in [2.24, 2.45) is 0 Å². The highest BCUT2D eigenvalue weighted by Crippen LogP contribution is 2.42. The zero-order chi connectivity index (χ0) is 16.4. The summed E-state index contributed by atoms with van der Waals surface area (Å²) >= 11 is 0. The molecule has 5 nitrogen and oxygen atoms in total. The summed E-state index contributed by atoms with van der Waals surface area (Å²) < 4.78 is 10.9. The van der Waals surface area contributed by atoms with Crippen molar-refractivity contribution in [1.82, 2.24) is 5.32 Å². The summed E-state index contributed by atoms with van der Waals surface area (Å²) in [5.41, 5.74) is 2.77. The monoisotopic (exact) mass is 315 g/mol. The molecular formula is C18H21NO4. The Hall–Kier alpha value is -2.30. The van der Waals surface area contributed by atoms with E-state index in [0.29, 0.717) is 29.9 Å². The van der Waals surface area contributed by atoms with Crippen LogP contribution in [-0.2, 0) is 14.3 Å². The number of ketones is 1. The van der Waals surface area contributed by atoms with Crippen LogP contribution in [0.25, 0.3) is 0 Å². The summed E-state index contributed by atoms with van der Waals surface area (Å²) in [4.78, 5) is 25.1. The number of furan rings is 1. The number of carbonyl (C=O) groups is 2. The van der Waals surface area contributed by atoms with E-state index >= 15 is 0 Å². The second-order valence-electron chi connectivity index (χ2n) is 5.92. The van der Waals surface area contributed by atoms with E-state index in [1.807, 2.05) is 19.9 Å². The van der Waals surface area contributed by atoms with Crippen LogP contribution in [0.5, 0.6) is 0 Å². The van der Waals surface area contributed by atoms with Crippen molar-refractivity contribution in [1.29, 1.82) is 0 Å². The first-order valence-corrected chi connectivity index (χ1v) is 8.08. The lowest BCUT2D eigenvalue weighted by Gasteiger charge is -2.32. The third kappa shape index (κ3) is 2.83. The van der Waals surface area contributed by atoms with E-state index in [1.165, 1.54) is 0 Å². The normalized spacial score (nSPS) is 21.1. The van der Waals surface area contributed by atoms with E-state index in [9.17, 15) is 9.59 Å². The Balaban J connectivity index is 2.06. The number of Topliss-reactive ketones (excluding diaryl/α,β-unsaturated/α-hetero) is 1. The van der Waals surface area contributed by atoms with Crippen molar-refractivity contribution < 1.29 is 18.7 Å². The summed E-state index contributed by atoms with van der Waals surface area (Å²) in [6.45, 7) is 4.16. The average molecular weight is 315 g/mol. The highest BCUT2D eigenvalue weighted by molar-refractivity contribution is 6.03. The van der Waals surface area contributed by atoms with Crippen LogP contribution in [0, 0.1) is 0 Å². The standard InChI is InChI=1S/C18H21NO4/c1-3-9-23-18(21)15-11(2)19-12-6-4-7-13(20)16(12)17(15)14-8-5-10-22-14/h5,8,10,17,19H,3-4,6-7,9H2,1-2H3/t17-/m1/s1. The second kappa shape index (κ2) is 6.44. The molecule has 0 aromatic carbocycles. The first-order chi connectivity index (χ1) is 11.1. The predicted molar refractivity (Wildman–Crippen MR) is 84.4 cm³/mol. The molecule has 0 amide bonds. The van der Waals surface area contributed by atoms with Gasteiger partial charge >= 0.3 is 5.97 Å². The van der Waals surface area contributed by atoms with E-state index < -0.39 is 5.92 Å². The fraction of sp³-hybridized carbons (Fsp3) is 0.444. The lowest BCUT2D eigenvalue weighted by Crippen LogP contribution is -2.34. The van der Waals surface area contributed by atoms with Gasteiger partial charge in [0.25, 0.3) is 0 Å². The number of allylic oxidation sites excluding steroid dienone is 3. The molecule has 5 heteroatoms. The minimum absolute atomic E-state index is 0.0773. The molecule has 2 heterocycles. The Morgan fingerprint density at radius 2 is 2.26 bits per heavy atom. The summed E-state index contributed by atoms with van der Waals surface area (Å²) in [5.74, 6) is -0.174. The molecule has 0 fully saturated rings. The van der Waals surface area contributed by atoms with Crippen molar-refractivity contribution in [2.45, 2.75) is 45.4 Å². The van der Waals surface area contributed by atoms with Crippen LogP contribution in [-0.4, -0.2) is 18.4 Å². The van der Waals surface area contributed by atoms with Crippen molar-refractivity contribution >= 4 is 11.8 Å². The SMILES string of the molecule is CCCOC(=O)C1=C(C)NC2=C(C(=O)CCC2)[C@@H]1c1ccco1. The van der Waals surface area contributed by atoms with Crippen molar-refractivity contribution in [2.75, 3.05) is 6.61 Å². The molecule has 0 bridgehead atoms. The van der Waals surface area contributed by atoms with E-state index in [4.69, 9.17) is 9.15 Å². The van der Waals surface area contributed by atoms with Gasteiger partial charge in [-0.3, -0.25) is 4.79 Å². The minimum Gasteiger partial charge on any atom is -0.468 e. The fourth-order valence-electron chi connectivity index (χ4n) is 3.27. The van der Waals surface area contributed by atoms with Crippen LogP contribution in [0.15, 0.2) is 45.4 Å². The summed E-state index contributed by atoms with van der Waals surface area (Å²) in [6, 6.07) is 3.58. The van der Waals surface area contributed by atoms with Crippen LogP contribution in [0.2, 0.25) is 0 Å². The molecule has 3 rings (SSSR count). The number of carbonyl (C=O) groups excluding carboxylic acids is 2. The average Bonchev–Trinajstić information content (AvgIpc) is 3.05. The van der Waals surface area contributed by atoms with Gasteiger partial charge in [0.2, 0.25) is 0 Å². The molecule has 122 valence electrons. The summed E-state index contributed by atoms with van der Waals surface area (Å²) in [6.07, 6.45) is 4.47. The molecule has 0 unspecified atom stereocenters. The van der Waals surface area contributed by atoms with Gasteiger partial charge in [-0.15, -0.1) is 0 Å². The Morgan fingerprint density at radius 3 is 2.96 bits per heavy atom. The Bertz CT molecular complexity index is 682. The topological polar surface area (TPSA) is 68.5 Å². The van der Waals surface area contributed by atoms with Crippen molar-refractivity contribution in [3.05, 3.63) is 46.7 Å². The third-order valence-corrected chi connectivity index (χ3v) is 4.26. The van der Waals surface area contributed by atoms with Gasteiger partial charge in [0.05, 0.1) is 24.4 Å². The number of dihydropyridines is 1. The summed E-state index contributed by atoms with van der Waals surface area (Å²) in [5, 5.41) is 3.24. The first-order valence-electron chi connectivity index (χ1n) is 8.08. The van der Waals surface area contributed by atoms with Crippen LogP contribution < -0.4 is 5.32 Å². The summed E-state index contributed by atoms with van der Waals surface area (Å²) in [7, 11) is 0. The van der Waals surface area contributed by atoms with Gasteiger partial charge in [0, 0.05) is 23.4 Å². The predicted octanol–water partition coefficient (Wildman–Crippen LogP) is 3.20. The van der Waals surface area contributed by atoms with Crippen LogP contribution >= 0.6 is 0 Å². The van der Waals surface area contributed by atoms with Gasteiger partial charge in [-0.25, -0.2) is 4.79 Å². The largest absolute Gasteiger partial charge is 0.468 e. The van der Waals surface area contributed by atoms with Crippen molar-refractivity contribution in [3.8, 4) is 0 Å². The van der Waals surface area contributed by atoms with Crippen LogP contribution in [0.4, 0.5) is 0 Å². The number of esters is 1. The molecule has 23 heavy (non-hydrogen) atoms. The van der Waals surface area contributed by atoms with Gasteiger partial charge in [-0.05, 0) is 38.3 Å². The number of hydrogen-bond acceptors (Lipinski definition) is 5. The first kappa shape index (κ1) is 15.6. The lowest BCUT2D eigenvalue weighted by atomic mass is 9.77. The third-order valence-electron chi connectivity index (χ3n) is 4.26. The van der Waals surface area contributed by atoms with Gasteiger partial charge < -0.3 is 14.5 Å². The van der Waals surface area contributed by atoms with E-state index in [2.05, 4.69) is 5.32 Å². The highest BCUT2D eigenvalue weighted by Gasteiger charge is 2.40. The molecule has 2 aliphatic rings. The smallest absolute Gasteiger partial charge is 0.336 e. The molecule has 0 saturated heterocycles. The molecule has 1 aromatic heterocycles. The van der Waals surface area contributed by atoms with E-state index in [0.717, 1.165) is 30.7 Å². The van der Waals surface area contributed by atoms with Gasteiger partial charge in [-0.1, -0.05) is 6.92 Å². The lowest BCUT2D eigenvalue weighted by molar-refractivity contribution is -0.139. The van der Waals surface area contributed by atoms with Gasteiger partial charge in [0.15, 0.2) is 5.78 Å². The van der Waals surface area contributed by atoms with Crippen LogP contribution in [0.1, 0.15) is 51.2 Å². The minimum atomic E-state index is -0.474. The quantitative estimate of drug-likeness (QED) is 0.864. The van der Waals surface area contributed by atoms with Gasteiger partial charge in [0.1, 0.15) is 5.76 Å². The zero-order valence-electron chi connectivity index (χ0n) is 13.5.